The van der Waals surface area contributed by atoms with Crippen LogP contribution >= 0.6 is 12.2 Å². The maximum absolute atomic E-state index is 13.1. The number of benzene rings is 1. The molecule has 31 heavy (non-hydrogen) atoms. The molecule has 0 saturated carbocycles. The molecule has 1 aliphatic heterocycles. The van der Waals surface area contributed by atoms with Gasteiger partial charge in [-0.2, -0.15) is 17.5 Å². The summed E-state index contributed by atoms with van der Waals surface area (Å²) in [5, 5.41) is 19.7. The number of aliphatic hydroxyl groups is 2. The second-order valence-electron chi connectivity index (χ2n) is 7.60. The minimum Gasteiger partial charge on any atom is -0.394 e. The van der Waals surface area contributed by atoms with Gasteiger partial charge in [0, 0.05) is 36.6 Å². The number of hydrogen-bond acceptors (Lipinski definition) is 6. The van der Waals surface area contributed by atoms with Gasteiger partial charge in [-0.05, 0) is 30.7 Å². The van der Waals surface area contributed by atoms with E-state index in [4.69, 9.17) is 12.2 Å². The van der Waals surface area contributed by atoms with Crippen LogP contribution < -0.4 is 4.90 Å². The molecule has 1 heterocycles. The summed E-state index contributed by atoms with van der Waals surface area (Å²) in [6.07, 6.45) is 0.422. The van der Waals surface area contributed by atoms with Crippen LogP contribution in [0, 0.1) is 0 Å². The fourth-order valence-corrected chi connectivity index (χ4v) is 5.65. The van der Waals surface area contributed by atoms with Crippen LogP contribution in [0.5, 0.6) is 0 Å². The molecule has 0 spiro atoms. The normalized spacial score (nSPS) is 22.9. The quantitative estimate of drug-likeness (QED) is 0.636. The van der Waals surface area contributed by atoms with Crippen molar-refractivity contribution in [2.24, 2.45) is 0 Å². The first kappa shape index (κ1) is 23.9. The molecule has 11 heteroatoms. The van der Waals surface area contributed by atoms with E-state index in [-0.39, 0.29) is 36.7 Å². The predicted octanol–water partition coefficient (Wildman–Crippen LogP) is 2.48. The van der Waals surface area contributed by atoms with Gasteiger partial charge < -0.3 is 15.1 Å². The summed E-state index contributed by atoms with van der Waals surface area (Å²) in [4.78, 5) is 2.15. The molecule has 1 saturated heterocycles. The first-order chi connectivity index (χ1) is 14.4. The number of hydrogen-bond donors (Lipinski definition) is 2. The van der Waals surface area contributed by atoms with Crippen molar-refractivity contribution in [2.75, 3.05) is 31.1 Å². The Hall–Kier alpha value is -1.79. The molecule has 1 aromatic rings. The van der Waals surface area contributed by atoms with Crippen LogP contribution in [-0.2, 0) is 15.6 Å². The van der Waals surface area contributed by atoms with Crippen molar-refractivity contribution in [3.05, 3.63) is 53.0 Å². The van der Waals surface area contributed by atoms with Crippen molar-refractivity contribution >= 4 is 32.8 Å². The largest absolute Gasteiger partial charge is 0.421 e. The number of sulfonamides is 1. The predicted molar refractivity (Wildman–Crippen MR) is 115 cm³/mol. The highest BCUT2D eigenvalue weighted by Gasteiger charge is 2.51. The molecule has 1 fully saturated rings. The highest BCUT2D eigenvalue weighted by molar-refractivity contribution is 7.96. The monoisotopic (exact) mass is 476 g/mol. The van der Waals surface area contributed by atoms with Gasteiger partial charge in [-0.25, -0.2) is 8.42 Å². The minimum absolute atomic E-state index is 0.00448. The first-order valence-electron chi connectivity index (χ1n) is 9.57. The Morgan fingerprint density at radius 2 is 1.84 bits per heavy atom. The van der Waals surface area contributed by atoms with Crippen molar-refractivity contribution in [3.63, 3.8) is 0 Å². The van der Waals surface area contributed by atoms with E-state index in [2.05, 4.69) is 0 Å². The number of halogens is 3. The van der Waals surface area contributed by atoms with Crippen molar-refractivity contribution in [1.29, 1.82) is 0 Å². The topological polar surface area (TPSA) is 81.1 Å². The highest BCUT2D eigenvalue weighted by Crippen LogP contribution is 2.39. The van der Waals surface area contributed by atoms with Gasteiger partial charge in [-0.1, -0.05) is 36.5 Å². The lowest BCUT2D eigenvalue weighted by Crippen LogP contribution is -2.56. The summed E-state index contributed by atoms with van der Waals surface area (Å²) < 4.78 is 66.4. The Labute approximate surface area is 184 Å². The first-order valence-corrected chi connectivity index (χ1v) is 11.4. The van der Waals surface area contributed by atoms with E-state index in [0.717, 1.165) is 0 Å². The van der Waals surface area contributed by atoms with E-state index in [1.165, 1.54) is 34.6 Å². The Bertz CT molecular complexity index is 1000. The Morgan fingerprint density at radius 1 is 1.19 bits per heavy atom. The van der Waals surface area contributed by atoms with E-state index >= 15 is 0 Å². The highest BCUT2D eigenvalue weighted by atomic mass is 32.2. The molecule has 170 valence electrons. The van der Waals surface area contributed by atoms with Gasteiger partial charge >= 0.3 is 6.18 Å². The van der Waals surface area contributed by atoms with Crippen LogP contribution in [0.15, 0.2) is 47.4 Å². The molecule has 0 bridgehead atoms. The molecular formula is C20H23F3N2O4S2. The summed E-state index contributed by atoms with van der Waals surface area (Å²) in [6.45, 7) is 0.698. The Morgan fingerprint density at radius 3 is 2.39 bits per heavy atom. The third kappa shape index (κ3) is 4.56. The third-order valence-electron chi connectivity index (χ3n) is 5.55. The number of piperazine rings is 1. The zero-order valence-electron chi connectivity index (χ0n) is 16.7. The summed E-state index contributed by atoms with van der Waals surface area (Å²) in [7, 11) is -3.82. The Balaban J connectivity index is 1.80. The number of allylic oxidation sites excluding steroid dienone is 4. The van der Waals surface area contributed by atoms with Gasteiger partial charge in [0.15, 0.2) is 5.60 Å². The number of anilines is 1. The standard InChI is InChI=1S/C20H23F3N2O4S2/c1-19(27,20(21,22)23)14-6-8-15(9-7-14)25-11-10-24(12-16(25)13-26)31(28,29)18-5-3-2-4-17(18)30/h2-3,5-9,16,26-27H,4,10-13H2,1H3/t16-,19-/m1/s1. The van der Waals surface area contributed by atoms with Crippen molar-refractivity contribution < 1.29 is 31.8 Å². The Kier molecular flexibility index (Phi) is 6.64. The summed E-state index contributed by atoms with van der Waals surface area (Å²) in [5.74, 6) is 0. The van der Waals surface area contributed by atoms with Crippen molar-refractivity contribution in [2.45, 2.75) is 31.2 Å². The summed E-state index contributed by atoms with van der Waals surface area (Å²) in [5.41, 5.74) is -2.78. The number of thiocarbonyl (C=S) groups is 1. The smallest absolute Gasteiger partial charge is 0.394 e. The number of nitrogens with zero attached hydrogens (tertiary/aromatic N) is 2. The maximum Gasteiger partial charge on any atom is 0.421 e. The van der Waals surface area contributed by atoms with Crippen molar-refractivity contribution in [3.8, 4) is 0 Å². The molecule has 3 rings (SSSR count). The van der Waals surface area contributed by atoms with Crippen LogP contribution in [-0.4, -0.2) is 66.3 Å². The fraction of sp³-hybridized carbons (Fsp3) is 0.450. The lowest BCUT2D eigenvalue weighted by atomic mass is 9.95. The number of rotatable bonds is 5. The van der Waals surface area contributed by atoms with E-state index in [1.807, 2.05) is 0 Å². The van der Waals surface area contributed by atoms with Gasteiger partial charge in [0.25, 0.3) is 0 Å². The van der Waals surface area contributed by atoms with Gasteiger partial charge in [0.2, 0.25) is 10.0 Å². The number of aliphatic hydroxyl groups excluding tert-OH is 1. The molecule has 2 atom stereocenters. The molecule has 0 aromatic heterocycles. The summed E-state index contributed by atoms with van der Waals surface area (Å²) >= 11 is 5.18. The molecule has 1 aromatic carbocycles. The lowest BCUT2D eigenvalue weighted by molar-refractivity contribution is -0.258. The van der Waals surface area contributed by atoms with Crippen LogP contribution in [0.3, 0.4) is 0 Å². The second kappa shape index (κ2) is 8.62. The van der Waals surface area contributed by atoms with Crippen LogP contribution in [0.2, 0.25) is 0 Å². The van der Waals surface area contributed by atoms with Gasteiger partial charge in [0.1, 0.15) is 0 Å². The molecule has 2 aliphatic rings. The molecule has 2 N–H and O–H groups in total. The fourth-order valence-electron chi connectivity index (χ4n) is 3.58. The third-order valence-corrected chi connectivity index (χ3v) is 8.01. The van der Waals surface area contributed by atoms with Gasteiger partial charge in [-0.3, -0.25) is 0 Å². The van der Waals surface area contributed by atoms with Gasteiger partial charge in [0.05, 0.1) is 17.6 Å². The van der Waals surface area contributed by atoms with Crippen molar-refractivity contribution in [1.82, 2.24) is 4.31 Å². The molecule has 1 aliphatic carbocycles. The van der Waals surface area contributed by atoms with Crippen LogP contribution in [0.25, 0.3) is 0 Å². The van der Waals surface area contributed by atoms with Gasteiger partial charge in [-0.15, -0.1) is 0 Å². The SMILES string of the molecule is C[C@@](O)(c1ccc(N2CCN(S(=O)(=O)C3=CC=CCC3=S)C[C@@H]2CO)cc1)C(F)(F)F. The van der Waals surface area contributed by atoms with E-state index in [1.54, 1.807) is 17.1 Å². The van der Waals surface area contributed by atoms with E-state index < -0.39 is 27.8 Å². The van der Waals surface area contributed by atoms with E-state index in [0.29, 0.717) is 23.9 Å². The lowest BCUT2D eigenvalue weighted by Gasteiger charge is -2.41. The molecule has 0 radical (unpaired) electrons. The zero-order chi connectivity index (χ0) is 23.0. The molecule has 0 unspecified atom stereocenters. The molecule has 6 nitrogen and oxygen atoms in total. The molecular weight excluding hydrogens is 453 g/mol. The summed E-state index contributed by atoms with van der Waals surface area (Å²) in [6, 6.07) is 4.61. The number of alkyl halides is 3. The average molecular weight is 477 g/mol. The van der Waals surface area contributed by atoms with Crippen LogP contribution in [0.4, 0.5) is 18.9 Å². The second-order valence-corrected chi connectivity index (χ2v) is 10.00. The average Bonchev–Trinajstić information content (AvgIpc) is 2.72. The van der Waals surface area contributed by atoms with E-state index in [9.17, 15) is 31.8 Å². The zero-order valence-corrected chi connectivity index (χ0v) is 18.3. The van der Waals surface area contributed by atoms with Crippen LogP contribution in [0.1, 0.15) is 18.9 Å². The minimum atomic E-state index is -4.83. The molecule has 0 amide bonds. The maximum atomic E-state index is 13.1.